The number of urea groups is 1. The third-order valence-electron chi connectivity index (χ3n) is 3.34. The predicted molar refractivity (Wildman–Crippen MR) is 86.6 cm³/mol. The van der Waals surface area contributed by atoms with Crippen LogP contribution in [-0.2, 0) is 13.0 Å². The molecule has 0 aliphatic rings. The highest BCUT2D eigenvalue weighted by Gasteiger charge is 2.03. The molecule has 0 unspecified atom stereocenters. The van der Waals surface area contributed by atoms with Crippen LogP contribution in [-0.4, -0.2) is 12.6 Å². The van der Waals surface area contributed by atoms with Gasteiger partial charge in [0.15, 0.2) is 0 Å². The summed E-state index contributed by atoms with van der Waals surface area (Å²) in [7, 11) is 0. The molecule has 3 nitrogen and oxygen atoms in total. The van der Waals surface area contributed by atoms with E-state index in [1.54, 1.807) is 0 Å². The van der Waals surface area contributed by atoms with Gasteiger partial charge in [-0.25, -0.2) is 4.79 Å². The Bertz CT molecular complexity index is 613. The second-order valence-electron chi connectivity index (χ2n) is 4.88. The first kappa shape index (κ1) is 15.4. The van der Waals surface area contributed by atoms with Crippen molar-refractivity contribution in [1.82, 2.24) is 10.6 Å². The van der Waals surface area contributed by atoms with Crippen molar-refractivity contribution in [2.75, 3.05) is 6.54 Å². The van der Waals surface area contributed by atoms with Crippen LogP contribution < -0.4 is 10.6 Å². The number of hydrogen-bond acceptors (Lipinski definition) is 1. The second kappa shape index (κ2) is 7.70. The number of hydrogen-bond donors (Lipinski definition) is 2. The molecule has 0 atom stereocenters. The van der Waals surface area contributed by atoms with E-state index in [0.29, 0.717) is 13.1 Å². The highest BCUT2D eigenvalue weighted by Crippen LogP contribution is 2.14. The van der Waals surface area contributed by atoms with Crippen LogP contribution in [0.1, 0.15) is 16.7 Å². The Kier molecular flexibility index (Phi) is 5.64. The van der Waals surface area contributed by atoms with Crippen LogP contribution in [0.4, 0.5) is 4.79 Å². The van der Waals surface area contributed by atoms with Crippen molar-refractivity contribution >= 4 is 17.6 Å². The molecule has 2 amide bonds. The van der Waals surface area contributed by atoms with E-state index in [1.165, 1.54) is 5.56 Å². The first-order valence-electron chi connectivity index (χ1n) is 6.96. The molecule has 0 fully saturated rings. The summed E-state index contributed by atoms with van der Waals surface area (Å²) in [5, 5.41) is 6.43. The number of aryl methyl sites for hydroxylation is 1. The highest BCUT2D eigenvalue weighted by atomic mass is 35.5. The minimum absolute atomic E-state index is 0.162. The lowest BCUT2D eigenvalue weighted by Gasteiger charge is -2.10. The van der Waals surface area contributed by atoms with Crippen molar-refractivity contribution in [3.8, 4) is 0 Å². The standard InChI is InChI=1S/C17H19ClN2O/c1-13-6-2-3-8-15(13)12-20-17(21)19-11-10-14-7-4-5-9-16(14)18/h2-9H,10-12H2,1H3,(H2,19,20,21). The van der Waals surface area contributed by atoms with E-state index in [9.17, 15) is 4.79 Å². The number of benzene rings is 2. The maximum absolute atomic E-state index is 11.7. The molecule has 110 valence electrons. The Morgan fingerprint density at radius 1 is 1.00 bits per heavy atom. The largest absolute Gasteiger partial charge is 0.338 e. The number of rotatable bonds is 5. The average molecular weight is 303 g/mol. The summed E-state index contributed by atoms with van der Waals surface area (Å²) in [6, 6.07) is 15.5. The number of carbonyl (C=O) groups excluding carboxylic acids is 1. The molecule has 0 radical (unpaired) electrons. The third-order valence-corrected chi connectivity index (χ3v) is 3.71. The van der Waals surface area contributed by atoms with Crippen LogP contribution in [0.5, 0.6) is 0 Å². The SMILES string of the molecule is Cc1ccccc1CNC(=O)NCCc1ccccc1Cl. The summed E-state index contributed by atoms with van der Waals surface area (Å²) < 4.78 is 0. The molecule has 2 rings (SSSR count). The minimum Gasteiger partial charge on any atom is -0.338 e. The van der Waals surface area contributed by atoms with E-state index in [0.717, 1.165) is 22.6 Å². The molecule has 0 bridgehead atoms. The molecule has 0 saturated heterocycles. The maximum atomic E-state index is 11.7. The normalized spacial score (nSPS) is 10.2. The van der Waals surface area contributed by atoms with Crippen molar-refractivity contribution in [2.24, 2.45) is 0 Å². The molecule has 0 saturated carbocycles. The van der Waals surface area contributed by atoms with Crippen LogP contribution in [0.2, 0.25) is 5.02 Å². The van der Waals surface area contributed by atoms with Gasteiger partial charge in [-0.3, -0.25) is 0 Å². The quantitative estimate of drug-likeness (QED) is 0.869. The van der Waals surface area contributed by atoms with Gasteiger partial charge in [0.25, 0.3) is 0 Å². The van der Waals surface area contributed by atoms with Crippen LogP contribution in [0.25, 0.3) is 0 Å². The fourth-order valence-corrected chi connectivity index (χ4v) is 2.29. The fraction of sp³-hybridized carbons (Fsp3) is 0.235. The molecule has 0 aliphatic heterocycles. The van der Waals surface area contributed by atoms with Gasteiger partial charge in [0.1, 0.15) is 0 Å². The monoisotopic (exact) mass is 302 g/mol. The van der Waals surface area contributed by atoms with Gasteiger partial charge in [0.05, 0.1) is 0 Å². The smallest absolute Gasteiger partial charge is 0.315 e. The fourth-order valence-electron chi connectivity index (χ4n) is 2.06. The number of amides is 2. The molecule has 0 heterocycles. The second-order valence-corrected chi connectivity index (χ2v) is 5.28. The van der Waals surface area contributed by atoms with Crippen LogP contribution in [0.3, 0.4) is 0 Å². The van der Waals surface area contributed by atoms with Crippen LogP contribution in [0, 0.1) is 6.92 Å². The summed E-state index contributed by atoms with van der Waals surface area (Å²) >= 11 is 6.07. The van der Waals surface area contributed by atoms with E-state index < -0.39 is 0 Å². The Morgan fingerprint density at radius 3 is 2.38 bits per heavy atom. The lowest BCUT2D eigenvalue weighted by Crippen LogP contribution is -2.36. The summed E-state index contributed by atoms with van der Waals surface area (Å²) in [5.74, 6) is 0. The average Bonchev–Trinajstić information content (AvgIpc) is 2.48. The molecule has 0 aliphatic carbocycles. The van der Waals surface area contributed by atoms with Gasteiger partial charge < -0.3 is 10.6 Å². The van der Waals surface area contributed by atoms with Gasteiger partial charge in [0, 0.05) is 18.1 Å². The Hall–Kier alpha value is -2.00. The summed E-state index contributed by atoms with van der Waals surface area (Å²) in [6.45, 7) is 3.13. The minimum atomic E-state index is -0.162. The van der Waals surface area contributed by atoms with Gasteiger partial charge in [-0.15, -0.1) is 0 Å². The molecular weight excluding hydrogens is 284 g/mol. The van der Waals surface area contributed by atoms with Gasteiger partial charge in [0.2, 0.25) is 0 Å². The van der Waals surface area contributed by atoms with Crippen molar-refractivity contribution in [1.29, 1.82) is 0 Å². The van der Waals surface area contributed by atoms with Gasteiger partial charge in [-0.05, 0) is 36.1 Å². The summed E-state index contributed by atoms with van der Waals surface area (Å²) in [6.07, 6.45) is 0.720. The molecule has 0 spiro atoms. The zero-order valence-electron chi connectivity index (χ0n) is 12.0. The van der Waals surface area contributed by atoms with Crippen LogP contribution >= 0.6 is 11.6 Å². The Balaban J connectivity index is 1.73. The molecule has 21 heavy (non-hydrogen) atoms. The van der Waals surface area contributed by atoms with Crippen molar-refractivity contribution in [3.05, 3.63) is 70.2 Å². The lowest BCUT2D eigenvalue weighted by molar-refractivity contribution is 0.240. The summed E-state index contributed by atoms with van der Waals surface area (Å²) in [5.41, 5.74) is 3.34. The van der Waals surface area contributed by atoms with Crippen molar-refractivity contribution < 1.29 is 4.79 Å². The van der Waals surface area contributed by atoms with Gasteiger partial charge >= 0.3 is 6.03 Å². The topological polar surface area (TPSA) is 41.1 Å². The van der Waals surface area contributed by atoms with Crippen molar-refractivity contribution in [3.63, 3.8) is 0 Å². The zero-order valence-corrected chi connectivity index (χ0v) is 12.8. The number of carbonyl (C=O) groups is 1. The molecule has 0 aromatic heterocycles. The highest BCUT2D eigenvalue weighted by molar-refractivity contribution is 6.31. The molecule has 2 N–H and O–H groups in total. The van der Waals surface area contributed by atoms with Crippen molar-refractivity contribution in [2.45, 2.75) is 19.9 Å². The third kappa shape index (κ3) is 4.80. The first-order chi connectivity index (χ1) is 10.2. The molecule has 4 heteroatoms. The molecular formula is C17H19ClN2O. The van der Waals surface area contributed by atoms with E-state index in [1.807, 2.05) is 55.5 Å². The van der Waals surface area contributed by atoms with E-state index in [4.69, 9.17) is 11.6 Å². The molecule has 2 aromatic carbocycles. The van der Waals surface area contributed by atoms with E-state index in [-0.39, 0.29) is 6.03 Å². The number of nitrogens with one attached hydrogen (secondary N) is 2. The number of halogens is 1. The lowest BCUT2D eigenvalue weighted by atomic mass is 10.1. The van der Waals surface area contributed by atoms with Gasteiger partial charge in [-0.2, -0.15) is 0 Å². The Labute approximate surface area is 130 Å². The van der Waals surface area contributed by atoms with E-state index in [2.05, 4.69) is 10.6 Å². The Morgan fingerprint density at radius 2 is 1.67 bits per heavy atom. The zero-order chi connectivity index (χ0) is 15.1. The molecule has 2 aromatic rings. The van der Waals surface area contributed by atoms with Crippen LogP contribution in [0.15, 0.2) is 48.5 Å². The van der Waals surface area contributed by atoms with E-state index >= 15 is 0 Å². The first-order valence-corrected chi connectivity index (χ1v) is 7.34. The van der Waals surface area contributed by atoms with Gasteiger partial charge in [-0.1, -0.05) is 54.1 Å². The maximum Gasteiger partial charge on any atom is 0.315 e. The summed E-state index contributed by atoms with van der Waals surface area (Å²) in [4.78, 5) is 11.7. The predicted octanol–water partition coefficient (Wildman–Crippen LogP) is 3.69.